The van der Waals surface area contributed by atoms with Crippen LogP contribution in [0.4, 0.5) is 23.0 Å². The molecule has 0 bridgehead atoms. The minimum absolute atomic E-state index is 0.156. The van der Waals surface area contributed by atoms with Crippen molar-refractivity contribution in [3.8, 4) is 11.1 Å². The Balaban J connectivity index is 1.59. The summed E-state index contributed by atoms with van der Waals surface area (Å²) in [5, 5.41) is 21.3. The molecule has 8 heteroatoms. The predicted octanol–water partition coefficient (Wildman–Crippen LogP) is 2.44. The summed E-state index contributed by atoms with van der Waals surface area (Å²) in [5.74, 6) is 1.26. The Morgan fingerprint density at radius 2 is 1.93 bits per heavy atom. The quantitative estimate of drug-likeness (QED) is 0.571. The molecular weight excluding hydrogens is 380 g/mol. The van der Waals surface area contributed by atoms with Crippen LogP contribution >= 0.6 is 0 Å². The molecule has 2 aromatic heterocycles. The van der Waals surface area contributed by atoms with Crippen molar-refractivity contribution in [2.24, 2.45) is 7.05 Å². The van der Waals surface area contributed by atoms with Crippen molar-refractivity contribution >= 4 is 23.0 Å². The summed E-state index contributed by atoms with van der Waals surface area (Å²) in [6, 6.07) is 11.2. The van der Waals surface area contributed by atoms with E-state index >= 15 is 0 Å². The number of hydrogen-bond acceptors (Lipinski definition) is 7. The van der Waals surface area contributed by atoms with Gasteiger partial charge in [0.15, 0.2) is 11.6 Å². The number of nitrogens with zero attached hydrogens (tertiary/aromatic N) is 4. The van der Waals surface area contributed by atoms with Crippen LogP contribution in [0.2, 0.25) is 0 Å². The third-order valence-corrected chi connectivity index (χ3v) is 5.57. The van der Waals surface area contributed by atoms with Crippen molar-refractivity contribution in [1.82, 2.24) is 14.8 Å². The van der Waals surface area contributed by atoms with Gasteiger partial charge in [-0.3, -0.25) is 4.79 Å². The number of nitrogen functional groups attached to an aromatic ring is 1. The third-order valence-electron chi connectivity index (χ3n) is 5.57. The Kier molecular flexibility index (Phi) is 5.41. The van der Waals surface area contributed by atoms with Gasteiger partial charge in [0.1, 0.15) is 5.69 Å². The van der Waals surface area contributed by atoms with Gasteiger partial charge in [-0.2, -0.15) is 0 Å². The standard InChI is InChI=1S/C22H26N6O2/c1-14-17(4-3-5-18(14)23)15-12-19(22(30)27(2)13-15)24-20-6-7-21(26-25-20)28-10-8-16(29)9-11-28/h3-7,12-13,16,29H,8-11,23H2,1-2H3,(H,24,25). The molecule has 0 saturated carbocycles. The van der Waals surface area contributed by atoms with E-state index in [0.29, 0.717) is 17.2 Å². The number of aliphatic hydroxyl groups excluding tert-OH is 1. The van der Waals surface area contributed by atoms with E-state index in [2.05, 4.69) is 20.4 Å². The lowest BCUT2D eigenvalue weighted by molar-refractivity contribution is 0.145. The topological polar surface area (TPSA) is 109 Å². The first-order chi connectivity index (χ1) is 14.4. The van der Waals surface area contributed by atoms with Crippen molar-refractivity contribution in [3.63, 3.8) is 0 Å². The SMILES string of the molecule is Cc1c(N)cccc1-c1cc(Nc2ccc(N3CCC(O)CC3)nn2)c(=O)n(C)c1. The summed E-state index contributed by atoms with van der Waals surface area (Å²) in [6.45, 7) is 3.47. The minimum Gasteiger partial charge on any atom is -0.398 e. The van der Waals surface area contributed by atoms with Crippen LogP contribution in [0.3, 0.4) is 0 Å². The van der Waals surface area contributed by atoms with Gasteiger partial charge in [-0.05, 0) is 55.2 Å². The fourth-order valence-corrected chi connectivity index (χ4v) is 3.71. The van der Waals surface area contributed by atoms with Gasteiger partial charge >= 0.3 is 0 Å². The maximum absolute atomic E-state index is 12.6. The molecule has 0 aliphatic carbocycles. The molecule has 0 spiro atoms. The maximum Gasteiger partial charge on any atom is 0.274 e. The Morgan fingerprint density at radius 3 is 2.63 bits per heavy atom. The lowest BCUT2D eigenvalue weighted by Crippen LogP contribution is -2.36. The predicted molar refractivity (Wildman–Crippen MR) is 119 cm³/mol. The number of aromatic nitrogens is 3. The lowest BCUT2D eigenvalue weighted by atomic mass is 10.0. The molecule has 4 rings (SSSR count). The summed E-state index contributed by atoms with van der Waals surface area (Å²) in [7, 11) is 1.72. The van der Waals surface area contributed by atoms with Crippen molar-refractivity contribution in [3.05, 3.63) is 58.5 Å². The maximum atomic E-state index is 12.6. The van der Waals surface area contributed by atoms with Crippen molar-refractivity contribution < 1.29 is 5.11 Å². The van der Waals surface area contributed by atoms with Crippen LogP contribution in [0.1, 0.15) is 18.4 Å². The van der Waals surface area contributed by atoms with Gasteiger partial charge in [-0.15, -0.1) is 10.2 Å². The fraction of sp³-hybridized carbons (Fsp3) is 0.318. The van der Waals surface area contributed by atoms with Gasteiger partial charge in [0.05, 0.1) is 6.10 Å². The van der Waals surface area contributed by atoms with Gasteiger partial charge in [-0.25, -0.2) is 0 Å². The lowest BCUT2D eigenvalue weighted by Gasteiger charge is -2.30. The van der Waals surface area contributed by atoms with E-state index in [1.54, 1.807) is 17.8 Å². The molecule has 0 unspecified atom stereocenters. The molecule has 8 nitrogen and oxygen atoms in total. The average Bonchev–Trinajstić information content (AvgIpc) is 2.74. The summed E-state index contributed by atoms with van der Waals surface area (Å²) < 4.78 is 1.54. The van der Waals surface area contributed by atoms with Gasteiger partial charge in [0.2, 0.25) is 0 Å². The zero-order chi connectivity index (χ0) is 21.3. The van der Waals surface area contributed by atoms with E-state index in [0.717, 1.165) is 48.4 Å². The summed E-state index contributed by atoms with van der Waals surface area (Å²) >= 11 is 0. The Morgan fingerprint density at radius 1 is 1.17 bits per heavy atom. The molecule has 1 aliphatic rings. The number of nitrogens with two attached hydrogens (primary N) is 1. The average molecular weight is 406 g/mol. The second kappa shape index (κ2) is 8.16. The van der Waals surface area contributed by atoms with Crippen LogP contribution in [-0.2, 0) is 7.05 Å². The van der Waals surface area contributed by atoms with E-state index in [4.69, 9.17) is 5.73 Å². The van der Waals surface area contributed by atoms with E-state index in [-0.39, 0.29) is 11.7 Å². The highest BCUT2D eigenvalue weighted by atomic mass is 16.3. The summed E-state index contributed by atoms with van der Waals surface area (Å²) in [5.41, 5.74) is 9.86. The second-order valence-electron chi connectivity index (χ2n) is 7.70. The smallest absolute Gasteiger partial charge is 0.274 e. The van der Waals surface area contributed by atoms with E-state index < -0.39 is 0 Å². The largest absolute Gasteiger partial charge is 0.398 e. The highest BCUT2D eigenvalue weighted by molar-refractivity contribution is 5.75. The molecule has 156 valence electrons. The highest BCUT2D eigenvalue weighted by Crippen LogP contribution is 2.28. The Labute approximate surface area is 175 Å². The molecule has 0 amide bonds. The van der Waals surface area contributed by atoms with Crippen molar-refractivity contribution in [2.45, 2.75) is 25.9 Å². The molecule has 0 radical (unpaired) electrons. The Hall–Kier alpha value is -3.39. The number of aliphatic hydroxyl groups is 1. The minimum atomic E-state index is -0.234. The number of piperidine rings is 1. The van der Waals surface area contributed by atoms with Crippen LogP contribution in [0.5, 0.6) is 0 Å². The summed E-state index contributed by atoms with van der Waals surface area (Å²) in [4.78, 5) is 14.8. The van der Waals surface area contributed by atoms with Crippen molar-refractivity contribution in [2.75, 3.05) is 29.0 Å². The number of anilines is 4. The number of benzene rings is 1. The van der Waals surface area contributed by atoms with Gasteiger partial charge in [0, 0.05) is 37.6 Å². The zero-order valence-corrected chi connectivity index (χ0v) is 17.2. The van der Waals surface area contributed by atoms with Gasteiger partial charge in [0.25, 0.3) is 5.56 Å². The molecular formula is C22H26N6O2. The molecule has 30 heavy (non-hydrogen) atoms. The molecule has 1 fully saturated rings. The monoisotopic (exact) mass is 406 g/mol. The third kappa shape index (κ3) is 3.99. The van der Waals surface area contributed by atoms with E-state index in [1.165, 1.54) is 0 Å². The molecule has 3 aromatic rings. The van der Waals surface area contributed by atoms with Crippen molar-refractivity contribution in [1.29, 1.82) is 0 Å². The number of aryl methyl sites for hydroxylation is 1. The Bertz CT molecular complexity index is 1100. The van der Waals surface area contributed by atoms with Gasteiger partial charge < -0.3 is 25.6 Å². The number of nitrogens with one attached hydrogen (secondary N) is 1. The molecule has 3 heterocycles. The normalized spacial score (nSPS) is 14.7. The van der Waals surface area contributed by atoms with Crippen LogP contribution in [0, 0.1) is 6.92 Å². The van der Waals surface area contributed by atoms with Crippen LogP contribution in [0.25, 0.3) is 11.1 Å². The first-order valence-electron chi connectivity index (χ1n) is 10.0. The first-order valence-corrected chi connectivity index (χ1v) is 10.0. The van der Waals surface area contributed by atoms with Crippen LogP contribution < -0.4 is 21.5 Å². The highest BCUT2D eigenvalue weighted by Gasteiger charge is 2.18. The van der Waals surface area contributed by atoms with E-state index in [9.17, 15) is 9.90 Å². The number of hydrogen-bond donors (Lipinski definition) is 3. The number of pyridine rings is 1. The second-order valence-corrected chi connectivity index (χ2v) is 7.70. The molecule has 1 aromatic carbocycles. The van der Waals surface area contributed by atoms with Crippen LogP contribution in [0.15, 0.2) is 47.4 Å². The first kappa shape index (κ1) is 19.9. The fourth-order valence-electron chi connectivity index (χ4n) is 3.71. The number of rotatable bonds is 4. The molecule has 0 atom stereocenters. The van der Waals surface area contributed by atoms with E-state index in [1.807, 2.05) is 43.3 Å². The molecule has 1 aliphatic heterocycles. The molecule has 1 saturated heterocycles. The summed E-state index contributed by atoms with van der Waals surface area (Å²) in [6.07, 6.45) is 3.03. The van der Waals surface area contributed by atoms with Crippen LogP contribution in [-0.4, -0.2) is 39.1 Å². The zero-order valence-electron chi connectivity index (χ0n) is 17.2. The van der Waals surface area contributed by atoms with Gasteiger partial charge in [-0.1, -0.05) is 12.1 Å². The molecule has 4 N–H and O–H groups in total.